The topological polar surface area (TPSA) is 89.2 Å². The lowest BCUT2D eigenvalue weighted by Crippen LogP contribution is -2.32. The second kappa shape index (κ2) is 9.25. The van der Waals surface area contributed by atoms with Gasteiger partial charge in [0.05, 0.1) is 17.9 Å². The number of carbonyl (C=O) groups excluding carboxylic acids is 2. The summed E-state index contributed by atoms with van der Waals surface area (Å²) < 4.78 is 15.8. The van der Waals surface area contributed by atoms with Gasteiger partial charge in [-0.25, -0.2) is 0 Å². The van der Waals surface area contributed by atoms with Crippen molar-refractivity contribution in [2.45, 2.75) is 12.5 Å². The number of amides is 1. The standard InChI is InChI=1S/C22H23NO6/c1-3-12-28-16-9-7-15(8-10-16)19-18(20(24)17-6-4-14-29-17)21(25)22(26)23(19)11-5-13-27-2/h3-4,6-10,14,19,25H,1,5,11-13H2,2H3/t19-/m0/s1. The van der Waals surface area contributed by atoms with Crippen LogP contribution < -0.4 is 4.74 Å². The predicted octanol–water partition coefficient (Wildman–Crippen LogP) is 3.46. The molecule has 0 fully saturated rings. The Morgan fingerprint density at radius 3 is 2.69 bits per heavy atom. The Morgan fingerprint density at radius 1 is 1.31 bits per heavy atom. The minimum atomic E-state index is -0.731. The summed E-state index contributed by atoms with van der Waals surface area (Å²) in [6.07, 6.45) is 3.58. The molecule has 0 bridgehead atoms. The fourth-order valence-corrected chi connectivity index (χ4v) is 3.28. The van der Waals surface area contributed by atoms with Crippen LogP contribution in [0.1, 0.15) is 28.6 Å². The van der Waals surface area contributed by atoms with Crippen molar-refractivity contribution in [1.29, 1.82) is 0 Å². The molecule has 0 saturated carbocycles. The summed E-state index contributed by atoms with van der Waals surface area (Å²) >= 11 is 0. The lowest BCUT2D eigenvalue weighted by atomic mass is 9.95. The highest BCUT2D eigenvalue weighted by Crippen LogP contribution is 2.39. The molecule has 0 aliphatic carbocycles. The van der Waals surface area contributed by atoms with E-state index in [4.69, 9.17) is 13.9 Å². The molecule has 0 unspecified atom stereocenters. The molecule has 0 saturated heterocycles. The van der Waals surface area contributed by atoms with Crippen LogP contribution in [0.5, 0.6) is 5.75 Å². The molecule has 1 aromatic heterocycles. The molecular formula is C22H23NO6. The van der Waals surface area contributed by atoms with Gasteiger partial charge in [-0.3, -0.25) is 9.59 Å². The zero-order chi connectivity index (χ0) is 20.8. The van der Waals surface area contributed by atoms with Gasteiger partial charge >= 0.3 is 0 Å². The summed E-state index contributed by atoms with van der Waals surface area (Å²) in [5.74, 6) is -0.967. The number of aliphatic hydroxyl groups excluding tert-OH is 1. The van der Waals surface area contributed by atoms with Gasteiger partial charge in [0.2, 0.25) is 5.78 Å². The molecule has 29 heavy (non-hydrogen) atoms. The number of Topliss-reactive ketones (excluding diaryl/α,β-unsaturated/α-hetero) is 1. The number of benzene rings is 1. The maximum atomic E-state index is 13.0. The summed E-state index contributed by atoms with van der Waals surface area (Å²) in [6, 6.07) is 9.40. The van der Waals surface area contributed by atoms with Gasteiger partial charge in [-0.15, -0.1) is 0 Å². The summed E-state index contributed by atoms with van der Waals surface area (Å²) in [6.45, 7) is 4.76. The number of ether oxygens (including phenoxy) is 2. The molecule has 1 amide bonds. The number of hydrogen-bond acceptors (Lipinski definition) is 6. The van der Waals surface area contributed by atoms with Crippen molar-refractivity contribution in [1.82, 2.24) is 4.90 Å². The Labute approximate surface area is 168 Å². The number of nitrogens with zero attached hydrogens (tertiary/aromatic N) is 1. The maximum absolute atomic E-state index is 13.0. The maximum Gasteiger partial charge on any atom is 0.290 e. The Morgan fingerprint density at radius 2 is 2.07 bits per heavy atom. The first-order chi connectivity index (χ1) is 14.1. The molecule has 7 heteroatoms. The number of furan rings is 1. The van der Waals surface area contributed by atoms with E-state index in [1.165, 1.54) is 17.2 Å². The molecule has 1 atom stereocenters. The predicted molar refractivity (Wildman–Crippen MR) is 106 cm³/mol. The van der Waals surface area contributed by atoms with Crippen molar-refractivity contribution in [2.75, 3.05) is 26.9 Å². The van der Waals surface area contributed by atoms with Crippen LogP contribution >= 0.6 is 0 Å². The highest BCUT2D eigenvalue weighted by atomic mass is 16.5. The van der Waals surface area contributed by atoms with Gasteiger partial charge in [-0.1, -0.05) is 24.8 Å². The number of rotatable bonds is 10. The van der Waals surface area contributed by atoms with Crippen molar-refractivity contribution in [2.24, 2.45) is 0 Å². The minimum Gasteiger partial charge on any atom is -0.503 e. The number of aliphatic hydroxyl groups is 1. The number of hydrogen-bond donors (Lipinski definition) is 1. The number of carbonyl (C=O) groups is 2. The van der Waals surface area contributed by atoms with E-state index in [0.29, 0.717) is 37.5 Å². The molecule has 0 radical (unpaired) electrons. The van der Waals surface area contributed by atoms with Gasteiger partial charge < -0.3 is 23.9 Å². The highest BCUT2D eigenvalue weighted by molar-refractivity contribution is 6.15. The molecule has 1 N–H and O–H groups in total. The lowest BCUT2D eigenvalue weighted by molar-refractivity contribution is -0.129. The third kappa shape index (κ3) is 4.25. The average molecular weight is 397 g/mol. The molecule has 152 valence electrons. The van der Waals surface area contributed by atoms with Crippen LogP contribution in [-0.4, -0.2) is 48.6 Å². The summed E-state index contributed by atoms with van der Waals surface area (Å²) in [5, 5.41) is 10.5. The first-order valence-electron chi connectivity index (χ1n) is 9.23. The third-order valence-corrected chi connectivity index (χ3v) is 4.60. The van der Waals surface area contributed by atoms with Crippen molar-refractivity contribution in [3.63, 3.8) is 0 Å². The van der Waals surface area contributed by atoms with Crippen molar-refractivity contribution < 1.29 is 28.6 Å². The summed E-state index contributed by atoms with van der Waals surface area (Å²) in [7, 11) is 1.58. The second-order valence-electron chi connectivity index (χ2n) is 6.48. The van der Waals surface area contributed by atoms with Crippen LogP contribution in [0.2, 0.25) is 0 Å². The van der Waals surface area contributed by atoms with E-state index in [-0.39, 0.29) is 11.3 Å². The van der Waals surface area contributed by atoms with E-state index < -0.39 is 23.5 Å². The molecule has 3 rings (SSSR count). The van der Waals surface area contributed by atoms with Crippen LogP contribution in [0.25, 0.3) is 0 Å². The quantitative estimate of drug-likeness (QED) is 0.375. The molecular weight excluding hydrogens is 374 g/mol. The first-order valence-corrected chi connectivity index (χ1v) is 9.23. The van der Waals surface area contributed by atoms with E-state index in [1.54, 1.807) is 43.5 Å². The Bertz CT molecular complexity index is 898. The Balaban J connectivity index is 1.97. The molecule has 1 aliphatic rings. The zero-order valence-corrected chi connectivity index (χ0v) is 16.2. The molecule has 2 aromatic rings. The van der Waals surface area contributed by atoms with Gasteiger partial charge in [0.15, 0.2) is 11.5 Å². The van der Waals surface area contributed by atoms with E-state index in [9.17, 15) is 14.7 Å². The van der Waals surface area contributed by atoms with Crippen LogP contribution in [-0.2, 0) is 9.53 Å². The van der Waals surface area contributed by atoms with Crippen molar-refractivity contribution >= 4 is 11.7 Å². The fourth-order valence-electron chi connectivity index (χ4n) is 3.28. The summed E-state index contributed by atoms with van der Waals surface area (Å²) in [5.41, 5.74) is 0.683. The van der Waals surface area contributed by atoms with Crippen LogP contribution in [0, 0.1) is 0 Å². The SMILES string of the molecule is C=CCOc1ccc([C@H]2C(C(=O)c3ccco3)=C(O)C(=O)N2CCCOC)cc1. The van der Waals surface area contributed by atoms with Crippen molar-refractivity contribution in [3.8, 4) is 5.75 Å². The number of methoxy groups -OCH3 is 1. The van der Waals surface area contributed by atoms with E-state index >= 15 is 0 Å². The average Bonchev–Trinajstić information content (AvgIpc) is 3.35. The van der Waals surface area contributed by atoms with Crippen LogP contribution in [0.15, 0.2) is 71.1 Å². The van der Waals surface area contributed by atoms with E-state index in [0.717, 1.165) is 0 Å². The van der Waals surface area contributed by atoms with Gasteiger partial charge in [0.25, 0.3) is 5.91 Å². The number of ketones is 1. The Hall–Kier alpha value is -3.32. The molecule has 1 aromatic carbocycles. The van der Waals surface area contributed by atoms with Gasteiger partial charge in [0.1, 0.15) is 12.4 Å². The van der Waals surface area contributed by atoms with Crippen LogP contribution in [0.4, 0.5) is 0 Å². The highest BCUT2D eigenvalue weighted by Gasteiger charge is 2.44. The first kappa shape index (κ1) is 20.4. The van der Waals surface area contributed by atoms with Crippen molar-refractivity contribution in [3.05, 3.63) is 78.0 Å². The Kier molecular flexibility index (Phi) is 6.51. The van der Waals surface area contributed by atoms with Gasteiger partial charge in [-0.05, 0) is 36.2 Å². The molecule has 0 spiro atoms. The normalized spacial score (nSPS) is 16.4. The van der Waals surface area contributed by atoms with E-state index in [2.05, 4.69) is 6.58 Å². The third-order valence-electron chi connectivity index (χ3n) is 4.60. The largest absolute Gasteiger partial charge is 0.503 e. The molecule has 1 aliphatic heterocycles. The molecule has 7 nitrogen and oxygen atoms in total. The molecule has 2 heterocycles. The summed E-state index contributed by atoms with van der Waals surface area (Å²) in [4.78, 5) is 27.2. The zero-order valence-electron chi connectivity index (χ0n) is 16.2. The lowest BCUT2D eigenvalue weighted by Gasteiger charge is -2.26. The minimum absolute atomic E-state index is 0.00197. The van der Waals surface area contributed by atoms with E-state index in [1.807, 2.05) is 0 Å². The smallest absolute Gasteiger partial charge is 0.290 e. The van der Waals surface area contributed by atoms with Crippen LogP contribution in [0.3, 0.4) is 0 Å². The fraction of sp³-hybridized carbons (Fsp3) is 0.273. The van der Waals surface area contributed by atoms with Gasteiger partial charge in [0, 0.05) is 20.3 Å². The van der Waals surface area contributed by atoms with Gasteiger partial charge in [-0.2, -0.15) is 0 Å². The monoisotopic (exact) mass is 397 g/mol. The second-order valence-corrected chi connectivity index (χ2v) is 6.48.